The number of carbonyl (C=O) groups is 2. The highest BCUT2D eigenvalue weighted by Gasteiger charge is 2.31. The molecule has 10 heteroatoms. The van der Waals surface area contributed by atoms with Gasteiger partial charge in [-0.1, -0.05) is 12.6 Å². The molecule has 2 amide bonds. The van der Waals surface area contributed by atoms with E-state index in [0.717, 1.165) is 12.1 Å². The van der Waals surface area contributed by atoms with E-state index in [9.17, 15) is 27.2 Å². The Labute approximate surface area is 175 Å². The van der Waals surface area contributed by atoms with E-state index in [1.807, 2.05) is 0 Å². The molecule has 2 N–H and O–H groups in total. The van der Waals surface area contributed by atoms with Crippen molar-refractivity contribution in [3.8, 4) is 0 Å². The topological polar surface area (TPSA) is 80.3 Å². The fraction of sp³-hybridized carbons (Fsp3) is 0.381. The highest BCUT2D eigenvalue weighted by atomic mass is 19.4. The van der Waals surface area contributed by atoms with Crippen LogP contribution >= 0.6 is 0 Å². The number of fused-ring (bicyclic) bond motifs is 1. The summed E-state index contributed by atoms with van der Waals surface area (Å²) in [5.41, 5.74) is -0.0916. The molecule has 1 aliphatic carbocycles. The van der Waals surface area contributed by atoms with Crippen LogP contribution in [0.4, 0.5) is 17.6 Å². The first kappa shape index (κ1) is 22.7. The number of rotatable bonds is 8. The van der Waals surface area contributed by atoms with E-state index in [-0.39, 0.29) is 42.3 Å². The highest BCUT2D eigenvalue weighted by molar-refractivity contribution is 5.95. The number of benzene rings is 1. The maximum Gasteiger partial charge on any atom is 0.416 e. The first-order valence-electron chi connectivity index (χ1n) is 9.61. The molecule has 0 aliphatic heterocycles. The lowest BCUT2D eigenvalue weighted by molar-refractivity contribution is -0.137. The van der Waals surface area contributed by atoms with E-state index < -0.39 is 29.7 Å². The fourth-order valence-corrected chi connectivity index (χ4v) is 2.97. The molecule has 0 unspecified atom stereocenters. The van der Waals surface area contributed by atoms with Crippen LogP contribution in [0.15, 0.2) is 42.6 Å². The van der Waals surface area contributed by atoms with Crippen LogP contribution in [0.5, 0.6) is 0 Å². The van der Waals surface area contributed by atoms with Crippen LogP contribution in [0.1, 0.15) is 35.3 Å². The van der Waals surface area contributed by atoms with E-state index in [1.165, 1.54) is 18.2 Å². The van der Waals surface area contributed by atoms with Gasteiger partial charge in [0.1, 0.15) is 18.5 Å². The van der Waals surface area contributed by atoms with Crippen molar-refractivity contribution < 1.29 is 31.9 Å². The van der Waals surface area contributed by atoms with Gasteiger partial charge in [0.15, 0.2) is 0 Å². The number of pyridine rings is 1. The SMILES string of the molecule is C=C(CCNC(=O)c1ccc2cc(C(F)(F)F)ccc2n1)NC(=O)CO[C@H]1C[C@@H](F)C1. The van der Waals surface area contributed by atoms with Crippen molar-refractivity contribution in [3.63, 3.8) is 0 Å². The van der Waals surface area contributed by atoms with Crippen LogP contribution in [-0.2, 0) is 15.7 Å². The van der Waals surface area contributed by atoms with Crippen molar-refractivity contribution in [1.82, 2.24) is 15.6 Å². The second kappa shape index (κ2) is 9.42. The quantitative estimate of drug-likeness (QED) is 0.617. The molecule has 2 aromatic rings. The molecule has 1 aromatic heterocycles. The summed E-state index contributed by atoms with van der Waals surface area (Å²) in [5.74, 6) is -0.914. The molecule has 3 rings (SSSR count). The van der Waals surface area contributed by atoms with Gasteiger partial charge in [0.05, 0.1) is 17.2 Å². The number of hydrogen-bond acceptors (Lipinski definition) is 4. The predicted molar refractivity (Wildman–Crippen MR) is 105 cm³/mol. The van der Waals surface area contributed by atoms with Crippen molar-refractivity contribution in [2.24, 2.45) is 0 Å². The molecular formula is C21H21F4N3O3. The number of nitrogens with zero attached hydrogens (tertiary/aromatic N) is 1. The Bertz CT molecular complexity index is 987. The molecule has 0 spiro atoms. The van der Waals surface area contributed by atoms with Gasteiger partial charge in [-0.05, 0) is 24.3 Å². The van der Waals surface area contributed by atoms with Gasteiger partial charge < -0.3 is 15.4 Å². The second-order valence-electron chi connectivity index (χ2n) is 7.26. The molecule has 1 saturated carbocycles. The molecule has 0 atom stereocenters. The molecular weight excluding hydrogens is 418 g/mol. The average Bonchev–Trinajstić information content (AvgIpc) is 2.68. The first-order valence-corrected chi connectivity index (χ1v) is 9.61. The molecule has 31 heavy (non-hydrogen) atoms. The Morgan fingerprint density at radius 1 is 1.19 bits per heavy atom. The third kappa shape index (κ3) is 6.24. The number of aromatic nitrogens is 1. The van der Waals surface area contributed by atoms with Gasteiger partial charge in [-0.25, -0.2) is 9.37 Å². The van der Waals surface area contributed by atoms with Crippen LogP contribution in [0.3, 0.4) is 0 Å². The number of ether oxygens (including phenoxy) is 1. The van der Waals surface area contributed by atoms with Crippen molar-refractivity contribution in [2.45, 2.75) is 37.7 Å². The number of hydrogen-bond donors (Lipinski definition) is 2. The van der Waals surface area contributed by atoms with Crippen LogP contribution in [0.2, 0.25) is 0 Å². The average molecular weight is 439 g/mol. The molecule has 1 aliphatic rings. The van der Waals surface area contributed by atoms with E-state index in [1.54, 1.807) is 0 Å². The van der Waals surface area contributed by atoms with Gasteiger partial charge in [-0.15, -0.1) is 0 Å². The largest absolute Gasteiger partial charge is 0.416 e. The molecule has 1 aromatic carbocycles. The Kier molecular flexibility index (Phi) is 6.89. The summed E-state index contributed by atoms with van der Waals surface area (Å²) in [5, 5.41) is 5.42. The third-order valence-electron chi connectivity index (χ3n) is 4.77. The lowest BCUT2D eigenvalue weighted by Gasteiger charge is -2.29. The van der Waals surface area contributed by atoms with Gasteiger partial charge >= 0.3 is 6.18 Å². The summed E-state index contributed by atoms with van der Waals surface area (Å²) < 4.78 is 56.3. The molecule has 1 fully saturated rings. The molecule has 6 nitrogen and oxygen atoms in total. The van der Waals surface area contributed by atoms with Crippen LogP contribution in [-0.4, -0.2) is 42.2 Å². The molecule has 0 saturated heterocycles. The lowest BCUT2D eigenvalue weighted by Crippen LogP contribution is -2.36. The smallest absolute Gasteiger partial charge is 0.368 e. The maximum atomic E-state index is 12.8. The first-order chi connectivity index (χ1) is 14.6. The summed E-state index contributed by atoms with van der Waals surface area (Å²) in [4.78, 5) is 28.1. The Morgan fingerprint density at radius 3 is 2.61 bits per heavy atom. The number of alkyl halides is 4. The minimum Gasteiger partial charge on any atom is -0.368 e. The van der Waals surface area contributed by atoms with E-state index >= 15 is 0 Å². The van der Waals surface area contributed by atoms with E-state index in [2.05, 4.69) is 22.2 Å². The summed E-state index contributed by atoms with van der Waals surface area (Å²) in [7, 11) is 0. The Morgan fingerprint density at radius 2 is 1.94 bits per heavy atom. The number of nitrogens with one attached hydrogen (secondary N) is 2. The monoisotopic (exact) mass is 439 g/mol. The summed E-state index contributed by atoms with van der Waals surface area (Å²) >= 11 is 0. The van der Waals surface area contributed by atoms with Crippen molar-refractivity contribution in [2.75, 3.05) is 13.2 Å². The lowest BCUT2D eigenvalue weighted by atomic mass is 9.94. The molecule has 0 bridgehead atoms. The summed E-state index contributed by atoms with van der Waals surface area (Å²) in [6, 6.07) is 5.84. The van der Waals surface area contributed by atoms with Gasteiger partial charge in [-0.3, -0.25) is 9.59 Å². The molecule has 1 heterocycles. The zero-order valence-electron chi connectivity index (χ0n) is 16.5. The van der Waals surface area contributed by atoms with Crippen molar-refractivity contribution >= 4 is 22.7 Å². The second-order valence-corrected chi connectivity index (χ2v) is 7.26. The third-order valence-corrected chi connectivity index (χ3v) is 4.77. The summed E-state index contributed by atoms with van der Waals surface area (Å²) in [6.07, 6.45) is -4.69. The fourth-order valence-electron chi connectivity index (χ4n) is 2.97. The Balaban J connectivity index is 1.44. The Hall–Kier alpha value is -3.01. The van der Waals surface area contributed by atoms with Crippen molar-refractivity contribution in [3.05, 3.63) is 53.9 Å². The maximum absolute atomic E-state index is 12.8. The zero-order valence-corrected chi connectivity index (χ0v) is 16.5. The molecule has 0 radical (unpaired) electrons. The van der Waals surface area contributed by atoms with Crippen LogP contribution in [0.25, 0.3) is 10.9 Å². The molecule has 166 valence electrons. The predicted octanol–water partition coefficient (Wildman–Crippen LogP) is 3.52. The standard InChI is InChI=1S/C21H21F4N3O3/c1-12(27-19(29)11-31-16-9-15(22)10-16)6-7-26-20(30)18-4-2-13-8-14(21(23,24)25)3-5-17(13)28-18/h2-5,8,15-16H,1,6-7,9-11H2,(H,26,30)(H,27,29)/t15-,16+. The highest BCUT2D eigenvalue weighted by Crippen LogP contribution is 2.31. The normalized spacial score (nSPS) is 18.3. The van der Waals surface area contributed by atoms with Gasteiger partial charge in [0.2, 0.25) is 5.91 Å². The van der Waals surface area contributed by atoms with Crippen molar-refractivity contribution in [1.29, 1.82) is 0 Å². The zero-order chi connectivity index (χ0) is 22.6. The van der Waals surface area contributed by atoms with Gasteiger partial charge in [0, 0.05) is 36.9 Å². The summed E-state index contributed by atoms with van der Waals surface area (Å²) in [6.45, 7) is 3.67. The minimum atomic E-state index is -4.46. The van der Waals surface area contributed by atoms with E-state index in [4.69, 9.17) is 4.74 Å². The van der Waals surface area contributed by atoms with Crippen LogP contribution in [0, 0.1) is 0 Å². The van der Waals surface area contributed by atoms with E-state index in [0.29, 0.717) is 18.5 Å². The minimum absolute atomic E-state index is 0.0574. The van der Waals surface area contributed by atoms with Gasteiger partial charge in [-0.2, -0.15) is 13.2 Å². The van der Waals surface area contributed by atoms with Gasteiger partial charge in [0.25, 0.3) is 5.91 Å². The number of amides is 2. The number of carbonyl (C=O) groups excluding carboxylic acids is 2. The van der Waals surface area contributed by atoms with Crippen LogP contribution < -0.4 is 10.6 Å². The number of halogens is 4.